The summed E-state index contributed by atoms with van der Waals surface area (Å²) in [5.41, 5.74) is 1.42. The second-order valence-electron chi connectivity index (χ2n) is 4.73. The molecule has 2 aromatic rings. The van der Waals surface area contributed by atoms with Gasteiger partial charge in [-0.15, -0.1) is 0 Å². The zero-order valence-corrected chi connectivity index (χ0v) is 12.0. The molecule has 1 heterocycles. The summed E-state index contributed by atoms with van der Waals surface area (Å²) in [6.45, 7) is 0. The van der Waals surface area contributed by atoms with Gasteiger partial charge in [0.2, 0.25) is 0 Å². The lowest BCUT2D eigenvalue weighted by Crippen LogP contribution is -2.23. The number of benzene rings is 1. The predicted octanol–water partition coefficient (Wildman–Crippen LogP) is 3.04. The smallest absolute Gasteiger partial charge is 0.319 e. The van der Waals surface area contributed by atoms with Crippen LogP contribution in [-0.4, -0.2) is 23.0 Å². The highest BCUT2D eigenvalue weighted by Gasteiger charge is 2.55. The lowest BCUT2D eigenvalue weighted by Gasteiger charge is -2.08. The summed E-state index contributed by atoms with van der Waals surface area (Å²) in [5, 5.41) is 0. The van der Waals surface area contributed by atoms with Crippen LogP contribution in [0.2, 0.25) is 0 Å². The van der Waals surface area contributed by atoms with Crippen LogP contribution in [0.5, 0.6) is 0 Å². The van der Waals surface area contributed by atoms with Crippen LogP contribution < -0.4 is 0 Å². The lowest BCUT2D eigenvalue weighted by molar-refractivity contribution is -0.143. The number of methoxy groups -OCH3 is 1. The normalized spacial score (nSPS) is 16.1. The molecule has 0 aliphatic heterocycles. The van der Waals surface area contributed by atoms with E-state index in [0.29, 0.717) is 5.82 Å². The van der Waals surface area contributed by atoms with Crippen molar-refractivity contribution in [1.82, 2.24) is 9.97 Å². The van der Waals surface area contributed by atoms with E-state index in [1.54, 1.807) is 6.20 Å². The second kappa shape index (κ2) is 4.49. The molecule has 0 atom stereocenters. The van der Waals surface area contributed by atoms with Crippen LogP contribution in [0.4, 0.5) is 0 Å². The molecule has 0 bridgehead atoms. The molecule has 0 radical (unpaired) electrons. The molecule has 1 aromatic heterocycles. The number of rotatable bonds is 3. The largest absolute Gasteiger partial charge is 0.468 e. The minimum Gasteiger partial charge on any atom is -0.468 e. The summed E-state index contributed by atoms with van der Waals surface area (Å²) < 4.78 is 5.89. The number of carbonyl (C=O) groups excluding carboxylic acids is 1. The Morgan fingerprint density at radius 1 is 1.37 bits per heavy atom. The molecule has 0 saturated heterocycles. The maximum atomic E-state index is 11.8. The van der Waals surface area contributed by atoms with Crippen LogP contribution in [0.3, 0.4) is 0 Å². The molecule has 1 saturated carbocycles. The molecule has 3 rings (SSSR count). The standard InChI is InChI=1S/C14H13BrN2O2/c1-19-13(18)14(6-7-14)12-16-8-11(17-12)9-2-4-10(15)5-3-9/h2-5,8H,6-7H2,1H3,(H,16,17). The first kappa shape index (κ1) is 12.4. The zero-order valence-electron chi connectivity index (χ0n) is 10.4. The summed E-state index contributed by atoms with van der Waals surface area (Å²) >= 11 is 3.41. The summed E-state index contributed by atoms with van der Waals surface area (Å²) in [7, 11) is 1.42. The monoisotopic (exact) mass is 320 g/mol. The number of hydrogen-bond acceptors (Lipinski definition) is 3. The van der Waals surface area contributed by atoms with E-state index in [0.717, 1.165) is 28.6 Å². The Balaban J connectivity index is 1.92. The number of carbonyl (C=O) groups is 1. The SMILES string of the molecule is COC(=O)C1(c2ncc(-c3ccc(Br)cc3)[nH]2)CC1. The highest BCUT2D eigenvalue weighted by atomic mass is 79.9. The predicted molar refractivity (Wildman–Crippen MR) is 74.7 cm³/mol. The van der Waals surface area contributed by atoms with E-state index in [1.165, 1.54) is 7.11 Å². The summed E-state index contributed by atoms with van der Waals surface area (Å²) in [5.74, 6) is 0.501. The molecular formula is C14H13BrN2O2. The van der Waals surface area contributed by atoms with Crippen molar-refractivity contribution in [2.45, 2.75) is 18.3 Å². The third-order valence-corrected chi connectivity index (χ3v) is 4.04. The van der Waals surface area contributed by atoms with Crippen molar-refractivity contribution < 1.29 is 9.53 Å². The number of hydrogen-bond donors (Lipinski definition) is 1. The molecule has 1 N–H and O–H groups in total. The van der Waals surface area contributed by atoms with E-state index in [4.69, 9.17) is 4.74 Å². The van der Waals surface area contributed by atoms with Crippen molar-refractivity contribution in [1.29, 1.82) is 0 Å². The molecule has 0 amide bonds. The molecule has 1 aliphatic rings. The Labute approximate surface area is 119 Å². The first-order chi connectivity index (χ1) is 9.15. The molecule has 1 aromatic carbocycles. The topological polar surface area (TPSA) is 55.0 Å². The van der Waals surface area contributed by atoms with Crippen molar-refractivity contribution in [3.63, 3.8) is 0 Å². The van der Waals surface area contributed by atoms with Gasteiger partial charge in [-0.05, 0) is 30.5 Å². The number of aromatic amines is 1. The fourth-order valence-electron chi connectivity index (χ4n) is 2.20. The van der Waals surface area contributed by atoms with Crippen LogP contribution in [-0.2, 0) is 14.9 Å². The van der Waals surface area contributed by atoms with E-state index < -0.39 is 5.41 Å². The fourth-order valence-corrected chi connectivity index (χ4v) is 2.46. The van der Waals surface area contributed by atoms with Crippen LogP contribution in [0.15, 0.2) is 34.9 Å². The van der Waals surface area contributed by atoms with Gasteiger partial charge in [-0.3, -0.25) is 4.79 Å². The minimum absolute atomic E-state index is 0.204. The number of imidazole rings is 1. The van der Waals surface area contributed by atoms with Gasteiger partial charge in [0.1, 0.15) is 11.2 Å². The Bertz CT molecular complexity index is 615. The van der Waals surface area contributed by atoms with Crippen molar-refractivity contribution in [3.8, 4) is 11.3 Å². The molecule has 0 unspecified atom stereocenters. The van der Waals surface area contributed by atoms with Crippen LogP contribution in [0.1, 0.15) is 18.7 Å². The van der Waals surface area contributed by atoms with Crippen LogP contribution in [0.25, 0.3) is 11.3 Å². The van der Waals surface area contributed by atoms with Gasteiger partial charge in [0, 0.05) is 4.47 Å². The lowest BCUT2D eigenvalue weighted by atomic mass is 10.1. The number of halogens is 1. The van der Waals surface area contributed by atoms with Gasteiger partial charge in [-0.1, -0.05) is 28.1 Å². The summed E-state index contributed by atoms with van der Waals surface area (Å²) in [6.07, 6.45) is 3.36. The van der Waals surface area contributed by atoms with E-state index in [9.17, 15) is 4.79 Å². The molecule has 1 aliphatic carbocycles. The van der Waals surface area contributed by atoms with E-state index in [2.05, 4.69) is 25.9 Å². The molecule has 1 fully saturated rings. The number of nitrogens with zero attached hydrogens (tertiary/aromatic N) is 1. The number of H-pyrrole nitrogens is 1. The maximum absolute atomic E-state index is 11.8. The van der Waals surface area contributed by atoms with Crippen molar-refractivity contribution in [2.24, 2.45) is 0 Å². The van der Waals surface area contributed by atoms with Crippen molar-refractivity contribution in [2.75, 3.05) is 7.11 Å². The van der Waals surface area contributed by atoms with Crippen LogP contribution >= 0.6 is 15.9 Å². The summed E-state index contributed by atoms with van der Waals surface area (Å²) in [4.78, 5) is 19.4. The molecule has 98 valence electrons. The van der Waals surface area contributed by atoms with Gasteiger partial charge >= 0.3 is 5.97 Å². The number of nitrogens with one attached hydrogen (secondary N) is 1. The average Bonchev–Trinajstić information content (AvgIpc) is 3.10. The van der Waals surface area contributed by atoms with Crippen molar-refractivity contribution in [3.05, 3.63) is 40.8 Å². The Kier molecular flexibility index (Phi) is 2.93. The fraction of sp³-hybridized carbons (Fsp3) is 0.286. The van der Waals surface area contributed by atoms with Gasteiger partial charge in [0.05, 0.1) is 19.0 Å². The van der Waals surface area contributed by atoms with Gasteiger partial charge in [0.15, 0.2) is 0 Å². The first-order valence-corrected chi connectivity index (χ1v) is 6.85. The third kappa shape index (κ3) is 2.08. The van der Waals surface area contributed by atoms with E-state index >= 15 is 0 Å². The van der Waals surface area contributed by atoms with Gasteiger partial charge < -0.3 is 9.72 Å². The maximum Gasteiger partial charge on any atom is 0.319 e. The molecule has 19 heavy (non-hydrogen) atoms. The first-order valence-electron chi connectivity index (χ1n) is 6.05. The van der Waals surface area contributed by atoms with Gasteiger partial charge in [0.25, 0.3) is 0 Å². The third-order valence-electron chi connectivity index (χ3n) is 3.51. The van der Waals surface area contributed by atoms with Gasteiger partial charge in [-0.2, -0.15) is 0 Å². The summed E-state index contributed by atoms with van der Waals surface area (Å²) in [6, 6.07) is 7.95. The Morgan fingerprint density at radius 2 is 2.05 bits per heavy atom. The average molecular weight is 321 g/mol. The van der Waals surface area contributed by atoms with Gasteiger partial charge in [-0.25, -0.2) is 4.98 Å². The highest BCUT2D eigenvalue weighted by molar-refractivity contribution is 9.10. The zero-order chi connectivity index (χ0) is 13.5. The molecule has 4 nitrogen and oxygen atoms in total. The van der Waals surface area contributed by atoms with Crippen molar-refractivity contribution >= 4 is 21.9 Å². The highest BCUT2D eigenvalue weighted by Crippen LogP contribution is 2.48. The Hall–Kier alpha value is -1.62. The minimum atomic E-state index is -0.539. The molecular weight excluding hydrogens is 308 g/mol. The molecule has 0 spiro atoms. The number of esters is 1. The van der Waals surface area contributed by atoms with E-state index in [-0.39, 0.29) is 5.97 Å². The van der Waals surface area contributed by atoms with Crippen LogP contribution in [0, 0.1) is 0 Å². The number of aromatic nitrogens is 2. The Morgan fingerprint density at radius 3 is 2.63 bits per heavy atom. The second-order valence-corrected chi connectivity index (χ2v) is 5.64. The molecule has 5 heteroatoms. The number of ether oxygens (including phenoxy) is 1. The van der Waals surface area contributed by atoms with E-state index in [1.807, 2.05) is 24.3 Å². The quantitative estimate of drug-likeness (QED) is 0.884.